The molecule has 15 heavy (non-hydrogen) atoms. The fourth-order valence-corrected chi connectivity index (χ4v) is 1.40. The number of benzene rings is 1. The van der Waals surface area contributed by atoms with Gasteiger partial charge >= 0.3 is 0 Å². The predicted octanol–water partition coefficient (Wildman–Crippen LogP) is 2.67. The monoisotopic (exact) mass is 207 g/mol. The first-order valence-corrected chi connectivity index (χ1v) is 5.45. The van der Waals surface area contributed by atoms with Crippen molar-refractivity contribution in [3.05, 3.63) is 29.3 Å². The van der Waals surface area contributed by atoms with E-state index < -0.39 is 0 Å². The summed E-state index contributed by atoms with van der Waals surface area (Å²) in [5.41, 5.74) is 8.37. The molecule has 84 valence electrons. The van der Waals surface area contributed by atoms with Crippen molar-refractivity contribution in [2.75, 3.05) is 6.61 Å². The number of hydrogen-bond acceptors (Lipinski definition) is 2. The van der Waals surface area contributed by atoms with Crippen molar-refractivity contribution in [3.8, 4) is 5.75 Å². The Labute approximate surface area is 92.4 Å². The van der Waals surface area contributed by atoms with Gasteiger partial charge in [0.05, 0.1) is 0 Å². The summed E-state index contributed by atoms with van der Waals surface area (Å²) in [7, 11) is 0. The maximum Gasteiger partial charge on any atom is 0.119 e. The van der Waals surface area contributed by atoms with Crippen LogP contribution in [0.4, 0.5) is 0 Å². The highest BCUT2D eigenvalue weighted by Gasteiger charge is 2.08. The van der Waals surface area contributed by atoms with Gasteiger partial charge < -0.3 is 10.5 Å². The van der Waals surface area contributed by atoms with Crippen LogP contribution in [0.15, 0.2) is 18.2 Å². The van der Waals surface area contributed by atoms with E-state index in [1.807, 2.05) is 12.1 Å². The van der Waals surface area contributed by atoms with Crippen molar-refractivity contribution < 1.29 is 4.74 Å². The molecule has 2 heteroatoms. The van der Waals surface area contributed by atoms with Crippen LogP contribution in [0.2, 0.25) is 0 Å². The van der Waals surface area contributed by atoms with Gasteiger partial charge in [-0.25, -0.2) is 0 Å². The van der Waals surface area contributed by atoms with E-state index in [1.54, 1.807) is 0 Å². The van der Waals surface area contributed by atoms with Gasteiger partial charge in [0.25, 0.3) is 0 Å². The van der Waals surface area contributed by atoms with Crippen molar-refractivity contribution >= 4 is 0 Å². The fraction of sp³-hybridized carbons (Fsp3) is 0.538. The molecule has 0 heterocycles. The number of rotatable bonds is 4. The normalized spacial score (nSPS) is 12.9. The van der Waals surface area contributed by atoms with E-state index in [2.05, 4.69) is 33.8 Å². The minimum atomic E-state index is 0.103. The van der Waals surface area contributed by atoms with E-state index in [9.17, 15) is 0 Å². The summed E-state index contributed by atoms with van der Waals surface area (Å²) in [6, 6.07) is 6.32. The highest BCUT2D eigenvalue weighted by molar-refractivity contribution is 5.32. The van der Waals surface area contributed by atoms with Crippen LogP contribution in [0.5, 0.6) is 5.75 Å². The highest BCUT2D eigenvalue weighted by Crippen LogP contribution is 2.16. The topological polar surface area (TPSA) is 35.2 Å². The second-order valence-electron chi connectivity index (χ2n) is 4.54. The predicted molar refractivity (Wildman–Crippen MR) is 64.2 cm³/mol. The maximum atomic E-state index is 5.92. The first-order valence-electron chi connectivity index (χ1n) is 5.45. The third kappa shape index (κ3) is 3.92. The first kappa shape index (κ1) is 12.1. The number of nitrogens with two attached hydrogens (primary N) is 1. The smallest absolute Gasteiger partial charge is 0.119 e. The Bertz CT molecular complexity index is 300. The molecule has 0 saturated heterocycles. The third-order valence-corrected chi connectivity index (χ3v) is 2.49. The molecule has 2 nitrogen and oxygen atoms in total. The average Bonchev–Trinajstić information content (AvgIpc) is 2.12. The van der Waals surface area contributed by atoms with Crippen LogP contribution < -0.4 is 10.5 Å². The molecule has 0 unspecified atom stereocenters. The Morgan fingerprint density at radius 2 is 1.67 bits per heavy atom. The lowest BCUT2D eigenvalue weighted by molar-refractivity contribution is 0.259. The van der Waals surface area contributed by atoms with Gasteiger partial charge in [0.1, 0.15) is 12.4 Å². The van der Waals surface area contributed by atoms with Crippen LogP contribution in [-0.4, -0.2) is 12.6 Å². The second kappa shape index (κ2) is 5.17. The van der Waals surface area contributed by atoms with E-state index in [0.717, 1.165) is 5.75 Å². The van der Waals surface area contributed by atoms with E-state index >= 15 is 0 Å². The lowest BCUT2D eigenvalue weighted by atomic mass is 10.1. The molecular formula is C13H21NO. The number of ether oxygens (including phenoxy) is 1. The van der Waals surface area contributed by atoms with Crippen molar-refractivity contribution in [3.63, 3.8) is 0 Å². The summed E-state index contributed by atoms with van der Waals surface area (Å²) in [6.07, 6.45) is 0. The first-order chi connectivity index (χ1) is 6.99. The molecular weight excluding hydrogens is 186 g/mol. The van der Waals surface area contributed by atoms with Gasteiger partial charge in [-0.2, -0.15) is 0 Å². The van der Waals surface area contributed by atoms with Crippen molar-refractivity contribution in [1.29, 1.82) is 0 Å². The quantitative estimate of drug-likeness (QED) is 0.823. The lowest BCUT2D eigenvalue weighted by Gasteiger charge is -2.16. The summed E-state index contributed by atoms with van der Waals surface area (Å²) < 4.78 is 5.67. The molecule has 0 aliphatic heterocycles. The Morgan fingerprint density at radius 1 is 1.13 bits per heavy atom. The Balaban J connectivity index is 2.57. The van der Waals surface area contributed by atoms with Crippen LogP contribution in [0, 0.1) is 19.8 Å². The zero-order valence-electron chi connectivity index (χ0n) is 10.1. The van der Waals surface area contributed by atoms with Crippen LogP contribution >= 0.6 is 0 Å². The Kier molecular flexibility index (Phi) is 4.15. The summed E-state index contributed by atoms with van der Waals surface area (Å²) in [4.78, 5) is 0. The molecule has 0 radical (unpaired) electrons. The van der Waals surface area contributed by atoms with Crippen LogP contribution in [0.3, 0.4) is 0 Å². The molecule has 1 rings (SSSR count). The van der Waals surface area contributed by atoms with Crippen LogP contribution in [0.1, 0.15) is 25.0 Å². The zero-order valence-corrected chi connectivity index (χ0v) is 10.1. The molecule has 1 aromatic rings. The van der Waals surface area contributed by atoms with Gasteiger partial charge in [-0.3, -0.25) is 0 Å². The molecule has 0 aromatic heterocycles. The Morgan fingerprint density at radius 3 is 2.13 bits per heavy atom. The minimum absolute atomic E-state index is 0.103. The van der Waals surface area contributed by atoms with Crippen molar-refractivity contribution in [2.45, 2.75) is 33.7 Å². The standard InChI is InChI=1S/C13H21NO/c1-9(2)13(14)8-15-12-6-10(3)5-11(4)7-12/h5-7,9,13H,8,14H2,1-4H3/t13-/m0/s1. The maximum absolute atomic E-state index is 5.92. The molecule has 0 saturated carbocycles. The van der Waals surface area contributed by atoms with Gasteiger partial charge in [0.15, 0.2) is 0 Å². The van der Waals surface area contributed by atoms with Crippen molar-refractivity contribution in [1.82, 2.24) is 0 Å². The van der Waals surface area contributed by atoms with Gasteiger partial charge in [0.2, 0.25) is 0 Å². The number of aryl methyl sites for hydroxylation is 2. The molecule has 0 bridgehead atoms. The zero-order chi connectivity index (χ0) is 11.4. The van der Waals surface area contributed by atoms with E-state index in [1.165, 1.54) is 11.1 Å². The number of hydrogen-bond donors (Lipinski definition) is 1. The van der Waals surface area contributed by atoms with Crippen LogP contribution in [0.25, 0.3) is 0 Å². The SMILES string of the molecule is Cc1cc(C)cc(OC[C@H](N)C(C)C)c1. The van der Waals surface area contributed by atoms with E-state index in [4.69, 9.17) is 10.5 Å². The molecule has 0 amide bonds. The average molecular weight is 207 g/mol. The Hall–Kier alpha value is -1.02. The molecule has 0 spiro atoms. The largest absolute Gasteiger partial charge is 0.492 e. The van der Waals surface area contributed by atoms with Gasteiger partial charge in [-0.05, 0) is 43.0 Å². The fourth-order valence-electron chi connectivity index (χ4n) is 1.40. The molecule has 0 aliphatic carbocycles. The molecule has 2 N–H and O–H groups in total. The van der Waals surface area contributed by atoms with E-state index in [0.29, 0.717) is 12.5 Å². The third-order valence-electron chi connectivity index (χ3n) is 2.49. The van der Waals surface area contributed by atoms with Crippen molar-refractivity contribution in [2.24, 2.45) is 11.7 Å². The lowest BCUT2D eigenvalue weighted by Crippen LogP contribution is -2.33. The summed E-state index contributed by atoms with van der Waals surface area (Å²) in [5, 5.41) is 0. The molecule has 1 aromatic carbocycles. The second-order valence-corrected chi connectivity index (χ2v) is 4.54. The minimum Gasteiger partial charge on any atom is -0.492 e. The molecule has 1 atom stereocenters. The molecule has 0 fully saturated rings. The highest BCUT2D eigenvalue weighted by atomic mass is 16.5. The summed E-state index contributed by atoms with van der Waals surface area (Å²) >= 11 is 0. The summed E-state index contributed by atoms with van der Waals surface area (Å²) in [5.74, 6) is 1.37. The van der Waals surface area contributed by atoms with Crippen LogP contribution in [-0.2, 0) is 0 Å². The molecule has 0 aliphatic rings. The van der Waals surface area contributed by atoms with E-state index in [-0.39, 0.29) is 6.04 Å². The van der Waals surface area contributed by atoms with Gasteiger partial charge in [-0.15, -0.1) is 0 Å². The summed E-state index contributed by atoms with van der Waals surface area (Å²) in [6.45, 7) is 8.94. The van der Waals surface area contributed by atoms with Gasteiger partial charge in [-0.1, -0.05) is 19.9 Å². The van der Waals surface area contributed by atoms with Gasteiger partial charge in [0, 0.05) is 6.04 Å².